The second-order valence-electron chi connectivity index (χ2n) is 4.50. The van der Waals surface area contributed by atoms with Gasteiger partial charge in [0.05, 0.1) is 23.5 Å². The van der Waals surface area contributed by atoms with E-state index in [4.69, 9.17) is 9.68 Å². The van der Waals surface area contributed by atoms with Crippen LogP contribution in [-0.2, 0) is 0 Å². The molecule has 0 aliphatic heterocycles. The number of imidazole rings is 1. The highest BCUT2D eigenvalue weighted by atomic mass is 16.4. The Balaban J connectivity index is 2.02. The number of hydrogen-bond acceptors (Lipinski definition) is 4. The third-order valence-corrected chi connectivity index (χ3v) is 3.22. The van der Waals surface area contributed by atoms with Crippen LogP contribution in [0.3, 0.4) is 0 Å². The lowest BCUT2D eigenvalue weighted by molar-refractivity contribution is 0.555. The molecule has 6 nitrogen and oxygen atoms in total. The summed E-state index contributed by atoms with van der Waals surface area (Å²) in [5, 5.41) is 9.04. The number of nitrogens with zero attached hydrogens (tertiary/aromatic N) is 2. The topological polar surface area (TPSA) is 98.5 Å². The van der Waals surface area contributed by atoms with Crippen LogP contribution in [0.2, 0.25) is 0 Å². The second kappa shape index (κ2) is 4.70. The molecule has 0 amide bonds. The van der Waals surface area contributed by atoms with Gasteiger partial charge in [0, 0.05) is 5.56 Å². The van der Waals surface area contributed by atoms with Gasteiger partial charge in [-0.2, -0.15) is 5.26 Å². The SMILES string of the molecule is CCC(C#N)c1ncc(-c2ccc3[nH]c(=O)oc3c2)[nH]1. The zero-order valence-electron chi connectivity index (χ0n) is 10.8. The maximum absolute atomic E-state index is 11.1. The molecule has 0 saturated carbocycles. The normalized spacial score (nSPS) is 12.4. The number of aromatic nitrogens is 3. The molecule has 0 aliphatic carbocycles. The minimum atomic E-state index is -0.474. The standard InChI is InChI=1S/C14H12N4O2/c1-2-8(6-15)13-16-7-11(17-13)9-3-4-10-12(5-9)20-14(19)18-10/h3-5,7-8H,2H2,1H3,(H,16,17)(H,18,19). The van der Waals surface area contributed by atoms with Gasteiger partial charge in [0.25, 0.3) is 0 Å². The van der Waals surface area contributed by atoms with Gasteiger partial charge in [0.1, 0.15) is 11.7 Å². The predicted molar refractivity (Wildman–Crippen MR) is 73.1 cm³/mol. The van der Waals surface area contributed by atoms with Crippen molar-refractivity contribution < 1.29 is 4.42 Å². The fourth-order valence-corrected chi connectivity index (χ4v) is 2.12. The molecule has 1 unspecified atom stereocenters. The number of nitriles is 1. The minimum absolute atomic E-state index is 0.238. The van der Waals surface area contributed by atoms with Gasteiger partial charge in [-0.3, -0.25) is 4.98 Å². The van der Waals surface area contributed by atoms with E-state index in [1.54, 1.807) is 18.3 Å². The van der Waals surface area contributed by atoms with Gasteiger partial charge in [-0.05, 0) is 18.6 Å². The van der Waals surface area contributed by atoms with Crippen molar-refractivity contribution in [2.45, 2.75) is 19.3 Å². The van der Waals surface area contributed by atoms with Crippen molar-refractivity contribution in [2.75, 3.05) is 0 Å². The largest absolute Gasteiger partial charge is 0.417 e. The molecule has 0 aliphatic rings. The fourth-order valence-electron chi connectivity index (χ4n) is 2.12. The molecule has 3 rings (SSSR count). The number of fused-ring (bicyclic) bond motifs is 1. The van der Waals surface area contributed by atoms with Gasteiger partial charge in [0.2, 0.25) is 0 Å². The first-order valence-corrected chi connectivity index (χ1v) is 6.29. The van der Waals surface area contributed by atoms with E-state index in [0.29, 0.717) is 23.3 Å². The lowest BCUT2D eigenvalue weighted by Gasteiger charge is -2.01. The van der Waals surface area contributed by atoms with Crippen LogP contribution in [-0.4, -0.2) is 15.0 Å². The quantitative estimate of drug-likeness (QED) is 0.762. The Morgan fingerprint density at radius 1 is 1.45 bits per heavy atom. The van der Waals surface area contributed by atoms with E-state index < -0.39 is 5.76 Å². The van der Waals surface area contributed by atoms with E-state index >= 15 is 0 Å². The summed E-state index contributed by atoms with van der Waals surface area (Å²) >= 11 is 0. The van der Waals surface area contributed by atoms with Crippen LogP contribution < -0.4 is 5.76 Å². The third kappa shape index (κ3) is 1.99. The van der Waals surface area contributed by atoms with Gasteiger partial charge in [-0.25, -0.2) is 9.78 Å². The fraction of sp³-hybridized carbons (Fsp3) is 0.214. The van der Waals surface area contributed by atoms with Crippen LogP contribution in [0.5, 0.6) is 0 Å². The molecule has 0 saturated heterocycles. The predicted octanol–water partition coefficient (Wildman–Crippen LogP) is 2.53. The molecule has 2 heterocycles. The van der Waals surface area contributed by atoms with Crippen LogP contribution >= 0.6 is 0 Å². The molecule has 0 spiro atoms. The van der Waals surface area contributed by atoms with Crippen LogP contribution in [0.1, 0.15) is 25.1 Å². The number of benzene rings is 1. The lowest BCUT2D eigenvalue weighted by atomic mass is 10.1. The van der Waals surface area contributed by atoms with Gasteiger partial charge in [-0.15, -0.1) is 0 Å². The average Bonchev–Trinajstić information content (AvgIpc) is 3.05. The van der Waals surface area contributed by atoms with E-state index in [1.807, 2.05) is 13.0 Å². The van der Waals surface area contributed by atoms with Gasteiger partial charge in [-0.1, -0.05) is 13.0 Å². The van der Waals surface area contributed by atoms with Gasteiger partial charge in [0.15, 0.2) is 5.58 Å². The molecule has 100 valence electrons. The Morgan fingerprint density at radius 2 is 2.30 bits per heavy atom. The van der Waals surface area contributed by atoms with Crippen molar-refractivity contribution in [1.82, 2.24) is 15.0 Å². The number of rotatable bonds is 3. The van der Waals surface area contributed by atoms with Crippen LogP contribution in [0.15, 0.2) is 33.6 Å². The van der Waals surface area contributed by atoms with Crippen LogP contribution in [0, 0.1) is 11.3 Å². The average molecular weight is 268 g/mol. The monoisotopic (exact) mass is 268 g/mol. The summed E-state index contributed by atoms with van der Waals surface area (Å²) < 4.78 is 5.03. The summed E-state index contributed by atoms with van der Waals surface area (Å²) in [6, 6.07) is 7.60. The van der Waals surface area contributed by atoms with Crippen molar-refractivity contribution in [1.29, 1.82) is 5.26 Å². The first kappa shape index (κ1) is 12.2. The van der Waals surface area contributed by atoms with Crippen molar-refractivity contribution in [3.8, 4) is 17.3 Å². The first-order chi connectivity index (χ1) is 9.71. The maximum Gasteiger partial charge on any atom is 0.417 e. The summed E-state index contributed by atoms with van der Waals surface area (Å²) in [6.45, 7) is 1.94. The van der Waals surface area contributed by atoms with E-state index in [9.17, 15) is 4.79 Å². The Labute approximate surface area is 114 Å². The zero-order chi connectivity index (χ0) is 14.1. The summed E-state index contributed by atoms with van der Waals surface area (Å²) in [6.07, 6.45) is 2.39. The molecule has 0 radical (unpaired) electrons. The number of hydrogen-bond donors (Lipinski definition) is 2. The molecule has 0 fully saturated rings. The molecule has 20 heavy (non-hydrogen) atoms. The number of aromatic amines is 2. The number of H-pyrrole nitrogens is 2. The van der Waals surface area contributed by atoms with E-state index in [1.165, 1.54) is 0 Å². The molecule has 1 aromatic carbocycles. The summed E-state index contributed by atoms with van der Waals surface area (Å²) in [7, 11) is 0. The van der Waals surface area contributed by atoms with Crippen molar-refractivity contribution in [3.63, 3.8) is 0 Å². The van der Waals surface area contributed by atoms with Crippen molar-refractivity contribution >= 4 is 11.1 Å². The summed E-state index contributed by atoms with van der Waals surface area (Å²) in [4.78, 5) is 21.1. The second-order valence-corrected chi connectivity index (χ2v) is 4.50. The number of oxazole rings is 1. The highest BCUT2D eigenvalue weighted by Gasteiger charge is 2.13. The molecule has 6 heteroatoms. The van der Waals surface area contributed by atoms with Crippen LogP contribution in [0.25, 0.3) is 22.4 Å². The van der Waals surface area contributed by atoms with Gasteiger partial charge >= 0.3 is 5.76 Å². The molecule has 2 aromatic heterocycles. The maximum atomic E-state index is 11.1. The highest BCUT2D eigenvalue weighted by Crippen LogP contribution is 2.24. The van der Waals surface area contributed by atoms with Crippen molar-refractivity contribution in [3.05, 3.63) is 40.8 Å². The zero-order valence-corrected chi connectivity index (χ0v) is 10.8. The minimum Gasteiger partial charge on any atom is -0.408 e. The lowest BCUT2D eigenvalue weighted by Crippen LogP contribution is -1.95. The Kier molecular flexibility index (Phi) is 2.88. The Bertz CT molecular complexity index is 850. The summed E-state index contributed by atoms with van der Waals surface area (Å²) in [5.74, 6) is -0.0590. The highest BCUT2D eigenvalue weighted by molar-refractivity contribution is 5.78. The first-order valence-electron chi connectivity index (χ1n) is 6.29. The molecular weight excluding hydrogens is 256 g/mol. The van der Waals surface area contributed by atoms with Crippen LogP contribution in [0.4, 0.5) is 0 Å². The molecule has 0 bridgehead atoms. The smallest absolute Gasteiger partial charge is 0.408 e. The molecule has 3 aromatic rings. The molecule has 1 atom stereocenters. The van der Waals surface area contributed by atoms with Crippen molar-refractivity contribution in [2.24, 2.45) is 0 Å². The third-order valence-electron chi connectivity index (χ3n) is 3.22. The van der Waals surface area contributed by atoms with E-state index in [0.717, 1.165) is 11.3 Å². The van der Waals surface area contributed by atoms with E-state index in [2.05, 4.69) is 21.0 Å². The Morgan fingerprint density at radius 3 is 3.05 bits per heavy atom. The molecular formula is C14H12N4O2. The van der Waals surface area contributed by atoms with E-state index in [-0.39, 0.29) is 5.92 Å². The molecule has 2 N–H and O–H groups in total. The Hall–Kier alpha value is -2.81. The number of nitrogens with one attached hydrogen (secondary N) is 2. The van der Waals surface area contributed by atoms with Gasteiger partial charge < -0.3 is 9.40 Å². The summed E-state index contributed by atoms with van der Waals surface area (Å²) in [5.41, 5.74) is 2.80.